The van der Waals surface area contributed by atoms with Gasteiger partial charge in [-0.05, 0) is 12.1 Å². The first-order valence-corrected chi connectivity index (χ1v) is 3.04. The molecule has 0 fully saturated rings. The number of alkyl halides is 2. The molecule has 12 heavy (non-hydrogen) atoms. The van der Waals surface area contributed by atoms with Gasteiger partial charge in [0.2, 0.25) is 0 Å². The summed E-state index contributed by atoms with van der Waals surface area (Å²) in [5.74, 6) is 0. The van der Waals surface area contributed by atoms with Crippen LogP contribution in [-0.2, 0) is 6.54 Å². The van der Waals surface area contributed by atoms with Crippen LogP contribution in [0.2, 0.25) is 0 Å². The molecule has 0 amide bonds. The van der Waals surface area contributed by atoms with Crippen LogP contribution in [0.25, 0.3) is 0 Å². The molecule has 0 spiro atoms. The number of nitrogens with zero attached hydrogens (tertiary/aromatic N) is 2. The Morgan fingerprint density at radius 3 is 2.33 bits per heavy atom. The topological polar surface area (TPSA) is 51.8 Å². The minimum atomic E-state index is -2.56. The van der Waals surface area contributed by atoms with E-state index in [1.807, 2.05) is 0 Å². The van der Waals surface area contributed by atoms with Crippen LogP contribution in [-0.4, -0.2) is 10.2 Å². The van der Waals surface area contributed by atoms with Gasteiger partial charge in [-0.25, -0.2) is 8.78 Å². The Kier molecular flexibility index (Phi) is 4.61. The molecule has 0 atom stereocenters. The van der Waals surface area contributed by atoms with E-state index >= 15 is 0 Å². The van der Waals surface area contributed by atoms with E-state index in [1.165, 1.54) is 12.1 Å². The second-order valence-electron chi connectivity index (χ2n) is 1.95. The highest BCUT2D eigenvalue weighted by atomic mass is 35.5. The largest absolute Gasteiger partial charge is 0.325 e. The number of halogens is 3. The highest BCUT2D eigenvalue weighted by Crippen LogP contribution is 2.14. The quantitative estimate of drug-likeness (QED) is 0.774. The third-order valence-corrected chi connectivity index (χ3v) is 1.17. The predicted molar refractivity (Wildman–Crippen MR) is 42.1 cm³/mol. The SMILES string of the molecule is Cl.NCc1ccc(C(F)F)nn1. The molecule has 0 bridgehead atoms. The summed E-state index contributed by atoms with van der Waals surface area (Å²) < 4.78 is 23.7. The fraction of sp³-hybridized carbons (Fsp3) is 0.333. The Labute approximate surface area is 74.4 Å². The molecule has 0 saturated heterocycles. The van der Waals surface area contributed by atoms with E-state index in [0.717, 1.165) is 0 Å². The van der Waals surface area contributed by atoms with E-state index in [-0.39, 0.29) is 24.6 Å². The van der Waals surface area contributed by atoms with Gasteiger partial charge in [0, 0.05) is 6.54 Å². The fourth-order valence-electron chi connectivity index (χ4n) is 0.595. The van der Waals surface area contributed by atoms with Crippen molar-refractivity contribution in [3.8, 4) is 0 Å². The van der Waals surface area contributed by atoms with Crippen LogP contribution >= 0.6 is 12.4 Å². The van der Waals surface area contributed by atoms with Gasteiger partial charge < -0.3 is 5.73 Å². The van der Waals surface area contributed by atoms with Crippen molar-refractivity contribution in [3.63, 3.8) is 0 Å². The second kappa shape index (κ2) is 4.95. The monoisotopic (exact) mass is 195 g/mol. The van der Waals surface area contributed by atoms with Crippen LogP contribution in [0.1, 0.15) is 17.8 Å². The number of hydrogen-bond acceptors (Lipinski definition) is 3. The maximum absolute atomic E-state index is 11.9. The van der Waals surface area contributed by atoms with Crippen LogP contribution in [0.15, 0.2) is 12.1 Å². The van der Waals surface area contributed by atoms with Crippen LogP contribution in [0.5, 0.6) is 0 Å². The van der Waals surface area contributed by atoms with Crippen LogP contribution < -0.4 is 5.73 Å². The van der Waals surface area contributed by atoms with Gasteiger partial charge in [0.1, 0.15) is 5.69 Å². The Bertz CT molecular complexity index is 227. The molecule has 0 aliphatic rings. The average Bonchev–Trinajstić information content (AvgIpc) is 2.05. The summed E-state index contributed by atoms with van der Waals surface area (Å²) in [4.78, 5) is 0. The first-order chi connectivity index (χ1) is 5.24. The molecular weight excluding hydrogens is 188 g/mol. The zero-order valence-electron chi connectivity index (χ0n) is 6.08. The van der Waals surface area contributed by atoms with Crippen molar-refractivity contribution < 1.29 is 8.78 Å². The normalized spacial score (nSPS) is 9.67. The van der Waals surface area contributed by atoms with Crippen molar-refractivity contribution in [2.75, 3.05) is 0 Å². The Balaban J connectivity index is 0.00000121. The van der Waals surface area contributed by atoms with E-state index in [9.17, 15) is 8.78 Å². The minimum absolute atomic E-state index is 0. The summed E-state index contributed by atoms with van der Waals surface area (Å²) in [5.41, 5.74) is 5.38. The lowest BCUT2D eigenvalue weighted by atomic mass is 10.3. The Hall–Kier alpha value is -0.810. The maximum atomic E-state index is 11.9. The third-order valence-electron chi connectivity index (χ3n) is 1.17. The van der Waals surface area contributed by atoms with Crippen molar-refractivity contribution in [2.45, 2.75) is 13.0 Å². The lowest BCUT2D eigenvalue weighted by molar-refractivity contribution is 0.144. The first kappa shape index (κ1) is 11.2. The molecule has 0 radical (unpaired) electrons. The van der Waals surface area contributed by atoms with E-state index in [0.29, 0.717) is 5.69 Å². The summed E-state index contributed by atoms with van der Waals surface area (Å²) in [7, 11) is 0. The van der Waals surface area contributed by atoms with Gasteiger partial charge in [0.15, 0.2) is 0 Å². The first-order valence-electron chi connectivity index (χ1n) is 3.04. The Morgan fingerprint density at radius 2 is 2.00 bits per heavy atom. The smallest absolute Gasteiger partial charge is 0.282 e. The maximum Gasteiger partial charge on any atom is 0.282 e. The summed E-state index contributed by atoms with van der Waals surface area (Å²) in [5, 5.41) is 6.73. The standard InChI is InChI=1S/C6H7F2N3.ClH/c7-6(8)5-2-1-4(3-9)10-11-5;/h1-2,6H,3,9H2;1H. The van der Waals surface area contributed by atoms with Crippen molar-refractivity contribution in [1.82, 2.24) is 10.2 Å². The summed E-state index contributed by atoms with van der Waals surface area (Å²) in [6.45, 7) is 0.219. The third kappa shape index (κ3) is 2.67. The van der Waals surface area contributed by atoms with Crippen LogP contribution in [0.4, 0.5) is 8.78 Å². The van der Waals surface area contributed by atoms with E-state index in [4.69, 9.17) is 5.73 Å². The molecule has 1 aromatic heterocycles. The summed E-state index contributed by atoms with van der Waals surface area (Å²) in [6, 6.07) is 2.66. The highest BCUT2D eigenvalue weighted by molar-refractivity contribution is 5.85. The van der Waals surface area contributed by atoms with E-state index in [2.05, 4.69) is 10.2 Å². The molecule has 1 heterocycles. The van der Waals surface area contributed by atoms with Crippen molar-refractivity contribution in [1.29, 1.82) is 0 Å². The molecule has 0 unspecified atom stereocenters. The molecule has 1 rings (SSSR count). The van der Waals surface area contributed by atoms with Gasteiger partial charge in [-0.1, -0.05) is 0 Å². The van der Waals surface area contributed by atoms with E-state index in [1.54, 1.807) is 0 Å². The lowest BCUT2D eigenvalue weighted by Gasteiger charge is -1.97. The molecule has 1 aromatic rings. The zero-order valence-corrected chi connectivity index (χ0v) is 6.89. The number of nitrogens with two attached hydrogens (primary N) is 1. The van der Waals surface area contributed by atoms with E-state index < -0.39 is 6.43 Å². The molecule has 0 aliphatic carbocycles. The molecule has 0 aromatic carbocycles. The summed E-state index contributed by atoms with van der Waals surface area (Å²) >= 11 is 0. The van der Waals surface area contributed by atoms with Crippen molar-refractivity contribution >= 4 is 12.4 Å². The average molecular weight is 196 g/mol. The molecule has 0 aliphatic heterocycles. The predicted octanol–water partition coefficient (Wildman–Crippen LogP) is 1.29. The van der Waals surface area contributed by atoms with Crippen LogP contribution in [0, 0.1) is 0 Å². The number of rotatable bonds is 2. The highest BCUT2D eigenvalue weighted by Gasteiger charge is 2.07. The van der Waals surface area contributed by atoms with Gasteiger partial charge in [-0.2, -0.15) is 5.10 Å². The van der Waals surface area contributed by atoms with Gasteiger partial charge in [-0.3, -0.25) is 0 Å². The van der Waals surface area contributed by atoms with Crippen LogP contribution in [0.3, 0.4) is 0 Å². The van der Waals surface area contributed by atoms with Gasteiger partial charge in [0.05, 0.1) is 5.69 Å². The van der Waals surface area contributed by atoms with Crippen molar-refractivity contribution in [2.24, 2.45) is 5.73 Å². The summed E-state index contributed by atoms with van der Waals surface area (Å²) in [6.07, 6.45) is -2.56. The lowest BCUT2D eigenvalue weighted by Crippen LogP contribution is -2.02. The number of hydrogen-bond donors (Lipinski definition) is 1. The zero-order chi connectivity index (χ0) is 8.27. The molecule has 3 nitrogen and oxygen atoms in total. The molecule has 6 heteroatoms. The molecule has 0 saturated carbocycles. The van der Waals surface area contributed by atoms with Crippen molar-refractivity contribution in [3.05, 3.63) is 23.5 Å². The minimum Gasteiger partial charge on any atom is -0.325 e. The number of aromatic nitrogens is 2. The Morgan fingerprint density at radius 1 is 1.33 bits per heavy atom. The second-order valence-corrected chi connectivity index (χ2v) is 1.95. The van der Waals surface area contributed by atoms with Gasteiger partial charge in [0.25, 0.3) is 6.43 Å². The molecular formula is C6H8ClF2N3. The molecule has 68 valence electrons. The fourth-order valence-corrected chi connectivity index (χ4v) is 0.595. The van der Waals surface area contributed by atoms with Gasteiger partial charge in [-0.15, -0.1) is 17.5 Å². The molecule has 2 N–H and O–H groups in total. The van der Waals surface area contributed by atoms with Gasteiger partial charge >= 0.3 is 0 Å².